The molecule has 1 heterocycles. The van der Waals surface area contributed by atoms with Gasteiger partial charge in [0.05, 0.1) is 0 Å². The molecule has 0 aliphatic heterocycles. The third-order valence-electron chi connectivity index (χ3n) is 1.86. The summed E-state index contributed by atoms with van der Waals surface area (Å²) in [6.45, 7) is 0.302. The summed E-state index contributed by atoms with van der Waals surface area (Å²) < 4.78 is 0. The quantitative estimate of drug-likeness (QED) is 0.628. The summed E-state index contributed by atoms with van der Waals surface area (Å²) >= 11 is 0. The first-order valence-corrected chi connectivity index (χ1v) is 4.65. The molecule has 0 aromatic carbocycles. The van der Waals surface area contributed by atoms with Crippen molar-refractivity contribution in [1.82, 2.24) is 15.1 Å². The van der Waals surface area contributed by atoms with Crippen molar-refractivity contribution in [2.75, 3.05) is 13.1 Å². The Kier molecular flexibility index (Phi) is 3.81. The van der Waals surface area contributed by atoms with Gasteiger partial charge < -0.3 is 15.1 Å². The highest BCUT2D eigenvalue weighted by Gasteiger charge is 2.22. The van der Waals surface area contributed by atoms with Crippen LogP contribution < -0.4 is 0 Å². The number of hydrogen-bond donors (Lipinski definition) is 3. The zero-order chi connectivity index (χ0) is 13.0. The van der Waals surface area contributed by atoms with Crippen molar-refractivity contribution in [2.45, 2.75) is 6.92 Å². The van der Waals surface area contributed by atoms with Gasteiger partial charge in [0, 0.05) is 5.69 Å². The molecule has 3 N–H and O–H groups in total. The van der Waals surface area contributed by atoms with Crippen LogP contribution >= 0.6 is 0 Å². The van der Waals surface area contributed by atoms with Crippen LogP contribution in [-0.2, 0) is 9.59 Å². The van der Waals surface area contributed by atoms with Crippen LogP contribution in [0.2, 0.25) is 0 Å². The molecule has 0 spiro atoms. The first-order valence-electron chi connectivity index (χ1n) is 4.65. The Labute approximate surface area is 95.9 Å². The van der Waals surface area contributed by atoms with Crippen molar-refractivity contribution in [3.05, 3.63) is 17.5 Å². The molecule has 1 aromatic heterocycles. The zero-order valence-corrected chi connectivity index (χ0v) is 9.01. The van der Waals surface area contributed by atoms with Crippen LogP contribution in [0.4, 0.5) is 0 Å². The number of hydrogen-bond acceptors (Lipinski definition) is 4. The lowest BCUT2D eigenvalue weighted by atomic mass is 10.3. The second-order valence-electron chi connectivity index (χ2n) is 3.38. The van der Waals surface area contributed by atoms with E-state index in [4.69, 9.17) is 10.2 Å². The number of aryl methyl sites for hydroxylation is 1. The fraction of sp³-hybridized carbons (Fsp3) is 0.333. The SMILES string of the molecule is Cc1cc(C(=O)N(CC(=O)O)CC(=O)O)n[nH]1. The van der Waals surface area contributed by atoms with Gasteiger partial charge in [0.2, 0.25) is 0 Å². The van der Waals surface area contributed by atoms with E-state index in [2.05, 4.69) is 10.2 Å². The van der Waals surface area contributed by atoms with Gasteiger partial charge in [-0.15, -0.1) is 0 Å². The Bertz CT molecular complexity index is 437. The number of nitrogens with one attached hydrogen (secondary N) is 1. The number of aromatic amines is 1. The second-order valence-corrected chi connectivity index (χ2v) is 3.38. The summed E-state index contributed by atoms with van der Waals surface area (Å²) in [7, 11) is 0. The topological polar surface area (TPSA) is 124 Å². The van der Waals surface area contributed by atoms with E-state index in [1.165, 1.54) is 6.07 Å². The van der Waals surface area contributed by atoms with Gasteiger partial charge in [-0.2, -0.15) is 5.10 Å². The van der Waals surface area contributed by atoms with Crippen molar-refractivity contribution in [3.8, 4) is 0 Å². The van der Waals surface area contributed by atoms with Gasteiger partial charge in [-0.05, 0) is 13.0 Å². The second kappa shape index (κ2) is 5.10. The molecule has 1 aromatic rings. The van der Waals surface area contributed by atoms with E-state index in [0.29, 0.717) is 10.6 Å². The minimum Gasteiger partial charge on any atom is -0.480 e. The summed E-state index contributed by atoms with van der Waals surface area (Å²) in [6.07, 6.45) is 0. The lowest BCUT2D eigenvalue weighted by molar-refractivity contribution is -0.140. The third-order valence-corrected chi connectivity index (χ3v) is 1.86. The van der Waals surface area contributed by atoms with E-state index < -0.39 is 30.9 Å². The number of aromatic nitrogens is 2. The van der Waals surface area contributed by atoms with Crippen LogP contribution in [-0.4, -0.2) is 56.2 Å². The van der Waals surface area contributed by atoms with Crippen LogP contribution in [0, 0.1) is 6.92 Å². The lowest BCUT2D eigenvalue weighted by Gasteiger charge is -2.16. The van der Waals surface area contributed by atoms with Crippen molar-refractivity contribution >= 4 is 17.8 Å². The maximum Gasteiger partial charge on any atom is 0.323 e. The molecule has 0 aliphatic rings. The van der Waals surface area contributed by atoms with Crippen molar-refractivity contribution in [2.24, 2.45) is 0 Å². The average Bonchev–Trinajstić information content (AvgIpc) is 2.61. The van der Waals surface area contributed by atoms with E-state index in [9.17, 15) is 14.4 Å². The van der Waals surface area contributed by atoms with E-state index in [1.54, 1.807) is 6.92 Å². The predicted molar refractivity (Wildman–Crippen MR) is 54.5 cm³/mol. The van der Waals surface area contributed by atoms with Crippen molar-refractivity contribution in [3.63, 3.8) is 0 Å². The molecule has 0 unspecified atom stereocenters. The highest BCUT2D eigenvalue weighted by Crippen LogP contribution is 2.03. The lowest BCUT2D eigenvalue weighted by Crippen LogP contribution is -2.39. The molecular weight excluding hydrogens is 230 g/mol. The Morgan fingerprint density at radius 2 is 1.82 bits per heavy atom. The Balaban J connectivity index is 2.85. The van der Waals surface area contributed by atoms with Gasteiger partial charge >= 0.3 is 11.9 Å². The normalized spacial score (nSPS) is 9.94. The number of carboxylic acids is 2. The molecule has 0 saturated heterocycles. The number of aliphatic carboxylic acids is 2. The molecule has 0 bridgehead atoms. The molecule has 0 fully saturated rings. The van der Waals surface area contributed by atoms with Gasteiger partial charge in [-0.25, -0.2) is 0 Å². The fourth-order valence-corrected chi connectivity index (χ4v) is 1.22. The Morgan fingerprint density at radius 3 is 2.18 bits per heavy atom. The van der Waals surface area contributed by atoms with Gasteiger partial charge in [0.15, 0.2) is 0 Å². The van der Waals surface area contributed by atoms with Gasteiger partial charge in [-0.3, -0.25) is 19.5 Å². The van der Waals surface area contributed by atoms with Crippen molar-refractivity contribution in [1.29, 1.82) is 0 Å². The van der Waals surface area contributed by atoms with Crippen LogP contribution in [0.5, 0.6) is 0 Å². The standard InChI is InChI=1S/C9H11N3O5/c1-5-2-6(11-10-5)9(17)12(3-7(13)14)4-8(15)16/h2H,3-4H2,1H3,(H,10,11)(H,13,14)(H,15,16). The average molecular weight is 241 g/mol. The van der Waals surface area contributed by atoms with Crippen LogP contribution in [0.25, 0.3) is 0 Å². The number of amides is 1. The molecule has 0 saturated carbocycles. The Hall–Kier alpha value is -2.38. The van der Waals surface area contributed by atoms with Gasteiger partial charge in [0.25, 0.3) is 5.91 Å². The predicted octanol–water partition coefficient (Wildman–Crippen LogP) is -0.670. The van der Waals surface area contributed by atoms with Crippen LogP contribution in [0.1, 0.15) is 16.2 Å². The van der Waals surface area contributed by atoms with Crippen molar-refractivity contribution < 1.29 is 24.6 Å². The highest BCUT2D eigenvalue weighted by molar-refractivity contribution is 5.95. The molecular formula is C9H11N3O5. The summed E-state index contributed by atoms with van der Waals surface area (Å²) in [4.78, 5) is 33.5. The first kappa shape index (κ1) is 12.7. The number of H-pyrrole nitrogens is 1. The summed E-state index contributed by atoms with van der Waals surface area (Å²) in [5.74, 6) is -3.31. The van der Waals surface area contributed by atoms with Crippen LogP contribution in [0.3, 0.4) is 0 Å². The van der Waals surface area contributed by atoms with E-state index in [0.717, 1.165) is 0 Å². The minimum absolute atomic E-state index is 0.00926. The van der Waals surface area contributed by atoms with Crippen LogP contribution in [0.15, 0.2) is 6.07 Å². The molecule has 17 heavy (non-hydrogen) atoms. The molecule has 1 rings (SSSR count). The first-order chi connectivity index (χ1) is 7.90. The molecule has 8 heteroatoms. The summed E-state index contributed by atoms with van der Waals surface area (Å²) in [6, 6.07) is 1.42. The molecule has 8 nitrogen and oxygen atoms in total. The summed E-state index contributed by atoms with van der Waals surface area (Å²) in [5.41, 5.74) is 0.615. The van der Waals surface area contributed by atoms with Gasteiger partial charge in [0.1, 0.15) is 18.8 Å². The maximum absolute atomic E-state index is 11.7. The zero-order valence-electron chi connectivity index (χ0n) is 9.01. The highest BCUT2D eigenvalue weighted by atomic mass is 16.4. The fourth-order valence-electron chi connectivity index (χ4n) is 1.22. The molecule has 92 valence electrons. The molecule has 0 aliphatic carbocycles. The number of carbonyl (C=O) groups is 3. The van der Waals surface area contributed by atoms with Gasteiger partial charge in [-0.1, -0.05) is 0 Å². The van der Waals surface area contributed by atoms with E-state index >= 15 is 0 Å². The minimum atomic E-state index is -1.29. The number of carbonyl (C=O) groups excluding carboxylic acids is 1. The Morgan fingerprint density at radius 1 is 1.29 bits per heavy atom. The van der Waals surface area contributed by atoms with E-state index in [-0.39, 0.29) is 5.69 Å². The number of nitrogens with zero attached hydrogens (tertiary/aromatic N) is 2. The largest absolute Gasteiger partial charge is 0.480 e. The third kappa shape index (κ3) is 3.59. The summed E-state index contributed by atoms with van der Waals surface area (Å²) in [5, 5.41) is 23.3. The van der Waals surface area contributed by atoms with E-state index in [1.807, 2.05) is 0 Å². The number of rotatable bonds is 5. The monoisotopic (exact) mass is 241 g/mol. The number of carboxylic acid groups (broad SMARTS) is 2. The maximum atomic E-state index is 11.7. The molecule has 0 radical (unpaired) electrons. The smallest absolute Gasteiger partial charge is 0.323 e. The molecule has 1 amide bonds. The molecule has 0 atom stereocenters.